The van der Waals surface area contributed by atoms with Crippen molar-refractivity contribution in [2.75, 3.05) is 0 Å². The lowest BCUT2D eigenvalue weighted by molar-refractivity contribution is -0.0245. The van der Waals surface area contributed by atoms with Crippen LogP contribution in [0, 0.1) is 28.6 Å². The maximum Gasteiger partial charge on any atom is 0.0373 e. The average molecular weight is 293 g/mol. The molecule has 3 fully saturated rings. The minimum absolute atomic E-state index is 0.409. The highest BCUT2D eigenvalue weighted by molar-refractivity contribution is 6.20. The molecular formula is C19H29Cl. The number of fused-ring (bicyclic) bond motifs is 5. The molecule has 1 heteroatoms. The van der Waals surface area contributed by atoms with Gasteiger partial charge in [-0.05, 0) is 80.0 Å². The highest BCUT2D eigenvalue weighted by Crippen LogP contribution is 2.64. The molecule has 3 saturated carbocycles. The fourth-order valence-electron chi connectivity index (χ4n) is 6.61. The summed E-state index contributed by atoms with van der Waals surface area (Å²) in [5, 5.41) is 0.409. The van der Waals surface area contributed by atoms with Gasteiger partial charge in [-0.2, -0.15) is 0 Å². The minimum Gasteiger partial charge on any atom is -0.123 e. The third-order valence-electron chi connectivity index (χ3n) is 7.82. The predicted octanol–water partition coefficient (Wildman–Crippen LogP) is 5.95. The SMILES string of the molecule is C[C@]12CCC[C@@H]1[C@H]1CC=C3C[C@H](Cl)CC[C@]3(C)[C@@H]1CC2. The van der Waals surface area contributed by atoms with Crippen LogP contribution in [0.2, 0.25) is 0 Å². The Morgan fingerprint density at radius 2 is 1.90 bits per heavy atom. The fraction of sp³-hybridized carbons (Fsp3) is 0.895. The van der Waals surface area contributed by atoms with Crippen LogP contribution in [0.25, 0.3) is 0 Å². The molecule has 0 bridgehead atoms. The highest BCUT2D eigenvalue weighted by Gasteiger charge is 2.55. The molecule has 112 valence electrons. The zero-order chi connectivity index (χ0) is 14.0. The van der Waals surface area contributed by atoms with Crippen molar-refractivity contribution in [3.63, 3.8) is 0 Å². The molecule has 0 aromatic carbocycles. The summed E-state index contributed by atoms with van der Waals surface area (Å²) < 4.78 is 0. The monoisotopic (exact) mass is 292 g/mol. The summed E-state index contributed by atoms with van der Waals surface area (Å²) in [5.74, 6) is 2.96. The first-order valence-corrected chi connectivity index (χ1v) is 9.30. The summed E-state index contributed by atoms with van der Waals surface area (Å²) >= 11 is 6.44. The topological polar surface area (TPSA) is 0 Å². The fourth-order valence-corrected chi connectivity index (χ4v) is 6.88. The molecule has 0 aliphatic heterocycles. The van der Waals surface area contributed by atoms with Crippen molar-refractivity contribution in [1.29, 1.82) is 0 Å². The third-order valence-corrected chi connectivity index (χ3v) is 8.20. The first-order chi connectivity index (χ1) is 9.53. The Balaban J connectivity index is 1.68. The van der Waals surface area contributed by atoms with Crippen LogP contribution in [-0.4, -0.2) is 5.38 Å². The molecule has 0 spiro atoms. The summed E-state index contributed by atoms with van der Waals surface area (Å²) in [7, 11) is 0. The maximum absolute atomic E-state index is 6.44. The van der Waals surface area contributed by atoms with E-state index in [1.54, 1.807) is 5.57 Å². The summed E-state index contributed by atoms with van der Waals surface area (Å²) in [4.78, 5) is 0. The van der Waals surface area contributed by atoms with E-state index < -0.39 is 0 Å². The number of alkyl halides is 1. The van der Waals surface area contributed by atoms with E-state index in [2.05, 4.69) is 19.9 Å². The molecule has 0 radical (unpaired) electrons. The zero-order valence-corrected chi connectivity index (χ0v) is 13.9. The van der Waals surface area contributed by atoms with Gasteiger partial charge in [-0.3, -0.25) is 0 Å². The molecule has 0 heterocycles. The van der Waals surface area contributed by atoms with Crippen molar-refractivity contribution in [3.8, 4) is 0 Å². The molecule has 0 amide bonds. The molecule has 0 aromatic rings. The third kappa shape index (κ3) is 1.79. The Bertz CT molecular complexity index is 439. The van der Waals surface area contributed by atoms with Crippen molar-refractivity contribution in [2.24, 2.45) is 28.6 Å². The van der Waals surface area contributed by atoms with E-state index in [9.17, 15) is 0 Å². The molecule has 0 aromatic heterocycles. The number of rotatable bonds is 0. The van der Waals surface area contributed by atoms with Gasteiger partial charge in [0.2, 0.25) is 0 Å². The van der Waals surface area contributed by atoms with E-state index in [-0.39, 0.29) is 0 Å². The Labute approximate surface area is 129 Å². The summed E-state index contributed by atoms with van der Waals surface area (Å²) in [5.41, 5.74) is 2.91. The van der Waals surface area contributed by atoms with Gasteiger partial charge in [0.15, 0.2) is 0 Å². The minimum atomic E-state index is 0.409. The van der Waals surface area contributed by atoms with Crippen LogP contribution in [0.5, 0.6) is 0 Å². The smallest absolute Gasteiger partial charge is 0.0373 e. The van der Waals surface area contributed by atoms with Crippen molar-refractivity contribution < 1.29 is 0 Å². The lowest BCUT2D eigenvalue weighted by Gasteiger charge is -2.57. The van der Waals surface area contributed by atoms with Gasteiger partial charge >= 0.3 is 0 Å². The van der Waals surface area contributed by atoms with Gasteiger partial charge in [0.05, 0.1) is 0 Å². The molecule has 0 N–H and O–H groups in total. The number of hydrogen-bond donors (Lipinski definition) is 0. The van der Waals surface area contributed by atoms with E-state index >= 15 is 0 Å². The van der Waals surface area contributed by atoms with Gasteiger partial charge < -0.3 is 0 Å². The van der Waals surface area contributed by atoms with Crippen LogP contribution in [0.1, 0.15) is 71.6 Å². The van der Waals surface area contributed by atoms with E-state index in [1.165, 1.54) is 57.8 Å². The second kappa shape index (κ2) is 4.51. The molecule has 4 aliphatic carbocycles. The molecule has 0 saturated heterocycles. The lowest BCUT2D eigenvalue weighted by atomic mass is 9.48. The predicted molar refractivity (Wildman–Crippen MR) is 86.0 cm³/mol. The van der Waals surface area contributed by atoms with Crippen molar-refractivity contribution >= 4 is 11.6 Å². The number of halogens is 1. The van der Waals surface area contributed by atoms with Gasteiger partial charge in [0.25, 0.3) is 0 Å². The van der Waals surface area contributed by atoms with Crippen LogP contribution < -0.4 is 0 Å². The molecule has 0 unspecified atom stereocenters. The Morgan fingerprint density at radius 1 is 1.05 bits per heavy atom. The quantitative estimate of drug-likeness (QED) is 0.382. The zero-order valence-electron chi connectivity index (χ0n) is 13.1. The van der Waals surface area contributed by atoms with Crippen LogP contribution in [0.4, 0.5) is 0 Å². The van der Waals surface area contributed by atoms with Crippen LogP contribution >= 0.6 is 11.6 Å². The normalized spacial score (nSPS) is 54.6. The van der Waals surface area contributed by atoms with Gasteiger partial charge in [-0.15, -0.1) is 11.6 Å². The number of hydrogen-bond acceptors (Lipinski definition) is 0. The Morgan fingerprint density at radius 3 is 2.75 bits per heavy atom. The largest absolute Gasteiger partial charge is 0.123 e. The molecule has 4 aliphatic rings. The van der Waals surface area contributed by atoms with Crippen LogP contribution in [0.15, 0.2) is 11.6 Å². The summed E-state index contributed by atoms with van der Waals surface area (Å²) in [6.07, 6.45) is 15.2. The van der Waals surface area contributed by atoms with Crippen LogP contribution in [0.3, 0.4) is 0 Å². The second-order valence-corrected chi connectivity index (χ2v) is 9.30. The lowest BCUT2D eigenvalue weighted by Crippen LogP contribution is -2.48. The van der Waals surface area contributed by atoms with Crippen LogP contribution in [-0.2, 0) is 0 Å². The van der Waals surface area contributed by atoms with E-state index in [1.807, 2.05) is 0 Å². The standard InChI is InChI=1S/C19H29Cl/c1-18-9-3-4-16(18)15-6-5-13-12-14(20)7-11-19(13,2)17(15)8-10-18/h5,14-17H,3-4,6-12H2,1-2H3/t14-,15-,16-,17-,18-,19+/m1/s1. The van der Waals surface area contributed by atoms with Gasteiger partial charge in [-0.25, -0.2) is 0 Å². The van der Waals surface area contributed by atoms with E-state index in [0.717, 1.165) is 17.8 Å². The molecular weight excluding hydrogens is 264 g/mol. The summed E-state index contributed by atoms with van der Waals surface area (Å²) in [6, 6.07) is 0. The number of allylic oxidation sites excluding steroid dienone is 2. The molecule has 4 rings (SSSR count). The van der Waals surface area contributed by atoms with Crippen molar-refractivity contribution in [2.45, 2.75) is 77.0 Å². The van der Waals surface area contributed by atoms with E-state index in [0.29, 0.717) is 16.2 Å². The highest BCUT2D eigenvalue weighted by atomic mass is 35.5. The Hall–Kier alpha value is 0.0300. The van der Waals surface area contributed by atoms with Gasteiger partial charge in [-0.1, -0.05) is 31.9 Å². The molecule has 0 nitrogen and oxygen atoms in total. The summed E-state index contributed by atoms with van der Waals surface area (Å²) in [6.45, 7) is 5.17. The first kappa shape index (κ1) is 13.7. The van der Waals surface area contributed by atoms with Gasteiger partial charge in [0, 0.05) is 5.38 Å². The van der Waals surface area contributed by atoms with Gasteiger partial charge in [0.1, 0.15) is 0 Å². The molecule has 6 atom stereocenters. The van der Waals surface area contributed by atoms with E-state index in [4.69, 9.17) is 11.6 Å². The van der Waals surface area contributed by atoms with Crippen molar-refractivity contribution in [3.05, 3.63) is 11.6 Å². The second-order valence-electron chi connectivity index (χ2n) is 8.68. The first-order valence-electron chi connectivity index (χ1n) is 8.86. The molecule has 20 heavy (non-hydrogen) atoms. The average Bonchev–Trinajstić information content (AvgIpc) is 2.81. The maximum atomic E-state index is 6.44. The Kier molecular flexibility index (Phi) is 3.09. The van der Waals surface area contributed by atoms with Crippen molar-refractivity contribution in [1.82, 2.24) is 0 Å².